The first-order chi connectivity index (χ1) is 15.5. The van der Waals surface area contributed by atoms with Crippen molar-refractivity contribution < 1.29 is 9.18 Å². The fourth-order valence-electron chi connectivity index (χ4n) is 3.61. The van der Waals surface area contributed by atoms with E-state index in [1.165, 1.54) is 18.2 Å². The van der Waals surface area contributed by atoms with Crippen LogP contribution in [0.1, 0.15) is 12.6 Å². The summed E-state index contributed by atoms with van der Waals surface area (Å²) in [6.45, 7) is 5.19. The van der Waals surface area contributed by atoms with Crippen LogP contribution in [0.25, 0.3) is 11.4 Å². The molecule has 0 bridgehead atoms. The summed E-state index contributed by atoms with van der Waals surface area (Å²) in [4.78, 5) is 40.1. The summed E-state index contributed by atoms with van der Waals surface area (Å²) in [5.41, 5.74) is 1.92. The van der Waals surface area contributed by atoms with E-state index in [9.17, 15) is 14.0 Å². The Hall–Kier alpha value is -3.59. The highest BCUT2D eigenvalue weighted by atomic mass is 19.1. The SMILES string of the molecule is CCc1cc(=O)[nH]c(-c2ccc(N3CCN(CC(=O)Nc4ccc(F)cc4)CC3)nc2)n1. The van der Waals surface area contributed by atoms with Gasteiger partial charge in [0.1, 0.15) is 17.5 Å². The molecule has 166 valence electrons. The lowest BCUT2D eigenvalue weighted by Crippen LogP contribution is -2.48. The number of piperazine rings is 1. The van der Waals surface area contributed by atoms with Gasteiger partial charge in [0, 0.05) is 55.4 Å². The molecule has 0 radical (unpaired) electrons. The van der Waals surface area contributed by atoms with Crippen LogP contribution in [0, 0.1) is 5.82 Å². The number of hydrogen-bond acceptors (Lipinski definition) is 6. The number of halogens is 1. The lowest BCUT2D eigenvalue weighted by molar-refractivity contribution is -0.117. The fourth-order valence-corrected chi connectivity index (χ4v) is 3.61. The van der Waals surface area contributed by atoms with Gasteiger partial charge < -0.3 is 15.2 Å². The Morgan fingerprint density at radius 3 is 2.53 bits per heavy atom. The van der Waals surface area contributed by atoms with Gasteiger partial charge in [-0.25, -0.2) is 14.4 Å². The van der Waals surface area contributed by atoms with Crippen LogP contribution < -0.4 is 15.8 Å². The number of H-pyrrole nitrogens is 1. The van der Waals surface area contributed by atoms with E-state index >= 15 is 0 Å². The van der Waals surface area contributed by atoms with E-state index in [-0.39, 0.29) is 23.8 Å². The molecule has 1 fully saturated rings. The zero-order valence-corrected chi connectivity index (χ0v) is 17.8. The summed E-state index contributed by atoms with van der Waals surface area (Å²) < 4.78 is 13.0. The molecule has 1 saturated heterocycles. The van der Waals surface area contributed by atoms with Crippen molar-refractivity contribution in [1.29, 1.82) is 0 Å². The molecule has 2 N–H and O–H groups in total. The lowest BCUT2D eigenvalue weighted by Gasteiger charge is -2.35. The van der Waals surface area contributed by atoms with Crippen LogP contribution in [0.3, 0.4) is 0 Å². The largest absolute Gasteiger partial charge is 0.354 e. The van der Waals surface area contributed by atoms with Crippen LogP contribution >= 0.6 is 0 Å². The maximum atomic E-state index is 13.0. The standard InChI is InChI=1S/C23H25FN6O2/c1-2-18-13-21(31)28-23(27-18)16-3-8-20(25-14-16)30-11-9-29(10-12-30)15-22(32)26-19-6-4-17(24)5-7-19/h3-8,13-14H,2,9-12,15H2,1H3,(H,26,32)(H,27,28,31). The minimum Gasteiger partial charge on any atom is -0.354 e. The number of rotatable bonds is 6. The van der Waals surface area contributed by atoms with Gasteiger partial charge in [0.2, 0.25) is 5.91 Å². The number of nitrogens with zero attached hydrogens (tertiary/aromatic N) is 4. The Kier molecular flexibility index (Phi) is 6.55. The second-order valence-electron chi connectivity index (χ2n) is 7.66. The number of aromatic amines is 1. The van der Waals surface area contributed by atoms with Gasteiger partial charge in [-0.2, -0.15) is 0 Å². The van der Waals surface area contributed by atoms with Crippen LogP contribution in [-0.4, -0.2) is 58.5 Å². The molecule has 0 saturated carbocycles. The van der Waals surface area contributed by atoms with Gasteiger partial charge in [0.05, 0.1) is 6.54 Å². The predicted molar refractivity (Wildman–Crippen MR) is 121 cm³/mol. The summed E-state index contributed by atoms with van der Waals surface area (Å²) in [7, 11) is 0. The van der Waals surface area contributed by atoms with Crippen molar-refractivity contribution in [3.63, 3.8) is 0 Å². The topological polar surface area (TPSA) is 94.2 Å². The van der Waals surface area contributed by atoms with Gasteiger partial charge >= 0.3 is 0 Å². The lowest BCUT2D eigenvalue weighted by atomic mass is 10.2. The molecule has 1 aliphatic heterocycles. The first-order valence-corrected chi connectivity index (χ1v) is 10.6. The van der Waals surface area contributed by atoms with Gasteiger partial charge in [0.15, 0.2) is 0 Å². The van der Waals surface area contributed by atoms with Gasteiger partial charge in [-0.15, -0.1) is 0 Å². The average molecular weight is 436 g/mol. The number of amides is 1. The molecule has 1 aliphatic rings. The summed E-state index contributed by atoms with van der Waals surface area (Å²) in [5.74, 6) is 0.909. The van der Waals surface area contributed by atoms with E-state index in [2.05, 4.69) is 30.1 Å². The van der Waals surface area contributed by atoms with Crippen molar-refractivity contribution in [3.05, 3.63) is 70.5 Å². The fraction of sp³-hybridized carbons (Fsp3) is 0.304. The highest BCUT2D eigenvalue weighted by Crippen LogP contribution is 2.19. The monoisotopic (exact) mass is 436 g/mol. The minimum atomic E-state index is -0.334. The number of hydrogen-bond donors (Lipinski definition) is 2. The van der Waals surface area contributed by atoms with Gasteiger partial charge in [-0.3, -0.25) is 14.5 Å². The van der Waals surface area contributed by atoms with Crippen molar-refractivity contribution in [1.82, 2.24) is 19.9 Å². The number of aromatic nitrogens is 3. The normalized spacial score (nSPS) is 14.4. The molecule has 3 heterocycles. The van der Waals surface area contributed by atoms with Crippen molar-refractivity contribution in [2.75, 3.05) is 42.9 Å². The smallest absolute Gasteiger partial charge is 0.251 e. The van der Waals surface area contributed by atoms with Crippen LogP contribution in [0.4, 0.5) is 15.9 Å². The van der Waals surface area contributed by atoms with E-state index in [1.807, 2.05) is 19.1 Å². The second kappa shape index (κ2) is 9.69. The maximum Gasteiger partial charge on any atom is 0.251 e. The molecule has 1 aromatic carbocycles. The van der Waals surface area contributed by atoms with Gasteiger partial charge in [-0.1, -0.05) is 6.92 Å². The van der Waals surface area contributed by atoms with E-state index in [0.717, 1.165) is 43.3 Å². The summed E-state index contributed by atoms with van der Waals surface area (Å²) >= 11 is 0. The summed E-state index contributed by atoms with van der Waals surface area (Å²) in [5, 5.41) is 2.79. The van der Waals surface area contributed by atoms with Crippen LogP contribution in [0.5, 0.6) is 0 Å². The average Bonchev–Trinajstić information content (AvgIpc) is 2.81. The number of pyridine rings is 1. The highest BCUT2D eigenvalue weighted by molar-refractivity contribution is 5.92. The van der Waals surface area contributed by atoms with E-state index in [4.69, 9.17) is 0 Å². The van der Waals surface area contributed by atoms with E-state index in [0.29, 0.717) is 17.9 Å². The quantitative estimate of drug-likeness (QED) is 0.616. The van der Waals surface area contributed by atoms with Crippen molar-refractivity contribution in [2.24, 2.45) is 0 Å². The van der Waals surface area contributed by atoms with Crippen LogP contribution in [0.15, 0.2) is 53.5 Å². The molecular weight excluding hydrogens is 411 g/mol. The molecular formula is C23H25FN6O2. The Labute approximate surface area is 185 Å². The maximum absolute atomic E-state index is 13.0. The predicted octanol–water partition coefficient (Wildman–Crippen LogP) is 2.29. The molecule has 32 heavy (non-hydrogen) atoms. The number of carbonyl (C=O) groups is 1. The molecule has 0 aliphatic carbocycles. The Morgan fingerprint density at radius 1 is 1.12 bits per heavy atom. The Balaban J connectivity index is 1.31. The molecule has 2 aromatic heterocycles. The zero-order valence-electron chi connectivity index (χ0n) is 17.8. The molecule has 1 amide bonds. The first-order valence-electron chi connectivity index (χ1n) is 10.6. The molecule has 9 heteroatoms. The molecule has 0 unspecified atom stereocenters. The molecule has 8 nitrogen and oxygen atoms in total. The molecule has 0 spiro atoms. The van der Waals surface area contributed by atoms with Crippen LogP contribution in [0.2, 0.25) is 0 Å². The Bertz CT molecular complexity index is 1120. The number of carbonyl (C=O) groups excluding carboxylic acids is 1. The third-order valence-corrected chi connectivity index (χ3v) is 5.37. The van der Waals surface area contributed by atoms with Crippen molar-refractivity contribution in [2.45, 2.75) is 13.3 Å². The van der Waals surface area contributed by atoms with Crippen molar-refractivity contribution in [3.8, 4) is 11.4 Å². The molecule has 0 atom stereocenters. The van der Waals surface area contributed by atoms with Gasteiger partial charge in [0.25, 0.3) is 5.56 Å². The first kappa shape index (κ1) is 21.6. The summed E-state index contributed by atoms with van der Waals surface area (Å²) in [6.07, 6.45) is 2.41. The minimum absolute atomic E-state index is 0.122. The summed E-state index contributed by atoms with van der Waals surface area (Å²) in [6, 6.07) is 11.1. The molecule has 3 aromatic rings. The van der Waals surface area contributed by atoms with E-state index in [1.54, 1.807) is 18.3 Å². The van der Waals surface area contributed by atoms with Crippen LogP contribution in [-0.2, 0) is 11.2 Å². The number of benzene rings is 1. The number of nitrogens with one attached hydrogen (secondary N) is 2. The number of anilines is 2. The third kappa shape index (κ3) is 5.36. The third-order valence-electron chi connectivity index (χ3n) is 5.37. The van der Waals surface area contributed by atoms with Crippen molar-refractivity contribution >= 4 is 17.4 Å². The molecule has 4 rings (SSSR count). The Morgan fingerprint density at radius 2 is 1.88 bits per heavy atom. The highest BCUT2D eigenvalue weighted by Gasteiger charge is 2.20. The van der Waals surface area contributed by atoms with Gasteiger partial charge in [-0.05, 0) is 42.8 Å². The van der Waals surface area contributed by atoms with E-state index < -0.39 is 0 Å². The number of aryl methyl sites for hydroxylation is 1. The zero-order chi connectivity index (χ0) is 22.5. The second-order valence-corrected chi connectivity index (χ2v) is 7.66.